The van der Waals surface area contributed by atoms with Crippen LogP contribution in [-0.4, -0.2) is 9.91 Å². The molecule has 0 atom stereocenters. The number of rotatable bonds is 4. The lowest BCUT2D eigenvalue weighted by Crippen LogP contribution is -2.03. The average Bonchev–Trinajstić information content (AvgIpc) is 2.26. The Morgan fingerprint density at radius 2 is 2.25 bits per heavy atom. The van der Waals surface area contributed by atoms with Crippen LogP contribution in [0.3, 0.4) is 0 Å². The second-order valence-electron chi connectivity index (χ2n) is 3.26. The fraction of sp³-hybridized carbons (Fsp3) is 0.364. The van der Waals surface area contributed by atoms with Gasteiger partial charge in [0, 0.05) is 12.4 Å². The third kappa shape index (κ3) is 2.58. The minimum absolute atomic E-state index is 0.0618. The summed E-state index contributed by atoms with van der Waals surface area (Å²) in [5.74, 6) is 0. The van der Waals surface area contributed by atoms with Crippen molar-refractivity contribution in [3.63, 3.8) is 0 Å². The molecule has 0 N–H and O–H groups in total. The number of halogens is 1. The minimum Gasteiger partial charge on any atom is -0.263 e. The molecular weight excluding hydrogens is 228 g/mol. The monoisotopic (exact) mass is 240 g/mol. The lowest BCUT2D eigenvalue weighted by atomic mass is 10.0. The van der Waals surface area contributed by atoms with Crippen LogP contribution in [0, 0.1) is 10.1 Å². The van der Waals surface area contributed by atoms with Crippen molar-refractivity contribution in [3.05, 3.63) is 44.7 Å². The predicted molar refractivity (Wildman–Crippen MR) is 63.9 cm³/mol. The molecule has 0 spiro atoms. The summed E-state index contributed by atoms with van der Waals surface area (Å²) in [5.41, 5.74) is 1.35. The SMILES string of the molecule is CC/C=C(\c1c(Cl)cncc1CC)[N+](=O)[O-]. The molecule has 0 saturated carbocycles. The summed E-state index contributed by atoms with van der Waals surface area (Å²) < 4.78 is 0. The van der Waals surface area contributed by atoms with Crippen molar-refractivity contribution in [2.45, 2.75) is 26.7 Å². The fourth-order valence-corrected chi connectivity index (χ4v) is 1.77. The van der Waals surface area contributed by atoms with E-state index in [9.17, 15) is 10.1 Å². The Kier molecular flexibility index (Phi) is 4.43. The van der Waals surface area contributed by atoms with Crippen LogP contribution in [0.2, 0.25) is 5.02 Å². The summed E-state index contributed by atoms with van der Waals surface area (Å²) in [6.07, 6.45) is 5.88. The molecule has 16 heavy (non-hydrogen) atoms. The lowest BCUT2D eigenvalue weighted by Gasteiger charge is -2.06. The highest BCUT2D eigenvalue weighted by Gasteiger charge is 2.20. The lowest BCUT2D eigenvalue weighted by molar-refractivity contribution is -0.375. The summed E-state index contributed by atoms with van der Waals surface area (Å²) in [4.78, 5) is 14.5. The molecule has 1 heterocycles. The van der Waals surface area contributed by atoms with E-state index < -0.39 is 4.92 Å². The normalized spacial score (nSPS) is 11.6. The van der Waals surface area contributed by atoms with E-state index in [0.29, 0.717) is 23.4 Å². The maximum absolute atomic E-state index is 11.0. The molecule has 1 aromatic rings. The van der Waals surface area contributed by atoms with E-state index in [0.717, 1.165) is 5.56 Å². The van der Waals surface area contributed by atoms with Gasteiger partial charge in [0.1, 0.15) is 0 Å². The van der Waals surface area contributed by atoms with Gasteiger partial charge in [0.2, 0.25) is 0 Å². The number of nitro groups is 1. The van der Waals surface area contributed by atoms with Crippen LogP contribution in [-0.2, 0) is 6.42 Å². The van der Waals surface area contributed by atoms with Gasteiger partial charge in [-0.15, -0.1) is 0 Å². The van der Waals surface area contributed by atoms with Crippen molar-refractivity contribution in [3.8, 4) is 0 Å². The Morgan fingerprint density at radius 3 is 2.75 bits per heavy atom. The zero-order valence-corrected chi connectivity index (χ0v) is 9.99. The smallest absolute Gasteiger partial charge is 0.263 e. The maximum Gasteiger partial charge on any atom is 0.274 e. The summed E-state index contributed by atoms with van der Waals surface area (Å²) in [6.45, 7) is 3.77. The summed E-state index contributed by atoms with van der Waals surface area (Å²) >= 11 is 5.97. The van der Waals surface area contributed by atoms with Crippen molar-refractivity contribution in [2.24, 2.45) is 0 Å². The first-order chi connectivity index (χ1) is 7.61. The van der Waals surface area contributed by atoms with Crippen molar-refractivity contribution >= 4 is 17.3 Å². The molecule has 1 aromatic heterocycles. The second kappa shape index (κ2) is 5.61. The number of aryl methyl sites for hydroxylation is 1. The van der Waals surface area contributed by atoms with Crippen LogP contribution in [0.15, 0.2) is 18.5 Å². The number of hydrogen-bond donors (Lipinski definition) is 0. The van der Waals surface area contributed by atoms with E-state index in [-0.39, 0.29) is 5.70 Å². The highest BCUT2D eigenvalue weighted by Crippen LogP contribution is 2.27. The molecule has 0 aromatic carbocycles. The average molecular weight is 241 g/mol. The van der Waals surface area contributed by atoms with E-state index >= 15 is 0 Å². The van der Waals surface area contributed by atoms with Crippen molar-refractivity contribution in [1.82, 2.24) is 4.98 Å². The molecule has 0 saturated heterocycles. The van der Waals surface area contributed by atoms with Crippen LogP contribution >= 0.6 is 11.6 Å². The quantitative estimate of drug-likeness (QED) is 0.599. The van der Waals surface area contributed by atoms with Crippen LogP contribution in [0.5, 0.6) is 0 Å². The van der Waals surface area contributed by atoms with Crippen molar-refractivity contribution in [1.29, 1.82) is 0 Å². The van der Waals surface area contributed by atoms with Gasteiger partial charge in [0.05, 0.1) is 15.5 Å². The zero-order valence-electron chi connectivity index (χ0n) is 9.24. The molecular formula is C11H13ClN2O2. The maximum atomic E-state index is 11.0. The Hall–Kier alpha value is -1.42. The van der Waals surface area contributed by atoms with Crippen LogP contribution < -0.4 is 0 Å². The molecule has 0 aliphatic rings. The Labute approximate surface area is 99.1 Å². The van der Waals surface area contributed by atoms with Gasteiger partial charge >= 0.3 is 0 Å². The van der Waals surface area contributed by atoms with E-state index in [1.165, 1.54) is 6.20 Å². The molecule has 0 aliphatic carbocycles. The summed E-state index contributed by atoms with van der Waals surface area (Å²) in [7, 11) is 0. The third-order valence-corrected chi connectivity index (χ3v) is 2.50. The molecule has 0 radical (unpaired) electrons. The third-order valence-electron chi connectivity index (χ3n) is 2.21. The number of hydrogen-bond acceptors (Lipinski definition) is 3. The van der Waals surface area contributed by atoms with E-state index in [1.54, 1.807) is 12.3 Å². The van der Waals surface area contributed by atoms with Crippen molar-refractivity contribution < 1.29 is 4.92 Å². The molecule has 0 bridgehead atoms. The molecule has 0 aliphatic heterocycles. The van der Waals surface area contributed by atoms with Gasteiger partial charge in [-0.2, -0.15) is 0 Å². The van der Waals surface area contributed by atoms with Crippen LogP contribution in [0.1, 0.15) is 31.4 Å². The number of nitrogens with zero attached hydrogens (tertiary/aromatic N) is 2. The standard InChI is InChI=1S/C11H13ClN2O2/c1-3-5-10(14(15)16)11-8(4-2)6-13-7-9(11)12/h5-7H,3-4H2,1-2H3/b10-5+. The first kappa shape index (κ1) is 12.6. The number of aromatic nitrogens is 1. The number of allylic oxidation sites excluding steroid dienone is 1. The first-order valence-corrected chi connectivity index (χ1v) is 5.46. The second-order valence-corrected chi connectivity index (χ2v) is 3.67. The highest BCUT2D eigenvalue weighted by molar-refractivity contribution is 6.32. The van der Waals surface area contributed by atoms with E-state index in [4.69, 9.17) is 11.6 Å². The molecule has 0 fully saturated rings. The molecule has 4 nitrogen and oxygen atoms in total. The van der Waals surface area contributed by atoms with Gasteiger partial charge in [-0.05, 0) is 24.5 Å². The van der Waals surface area contributed by atoms with Gasteiger partial charge < -0.3 is 0 Å². The zero-order chi connectivity index (χ0) is 12.1. The largest absolute Gasteiger partial charge is 0.274 e. The molecule has 0 amide bonds. The van der Waals surface area contributed by atoms with Crippen LogP contribution in [0.4, 0.5) is 0 Å². The number of pyridine rings is 1. The molecule has 1 rings (SSSR count). The first-order valence-electron chi connectivity index (χ1n) is 5.09. The Balaban J connectivity index is 3.39. The minimum atomic E-state index is -0.399. The van der Waals surface area contributed by atoms with Gasteiger partial charge in [0.25, 0.3) is 5.70 Å². The Bertz CT molecular complexity index is 430. The Morgan fingerprint density at radius 1 is 1.56 bits per heavy atom. The van der Waals surface area contributed by atoms with Crippen LogP contribution in [0.25, 0.3) is 5.70 Å². The molecule has 5 heteroatoms. The molecule has 86 valence electrons. The summed E-state index contributed by atoms with van der Waals surface area (Å²) in [6, 6.07) is 0. The van der Waals surface area contributed by atoms with E-state index in [2.05, 4.69) is 4.98 Å². The van der Waals surface area contributed by atoms with Gasteiger partial charge in [-0.1, -0.05) is 25.4 Å². The topological polar surface area (TPSA) is 56.0 Å². The van der Waals surface area contributed by atoms with Gasteiger partial charge in [-0.25, -0.2) is 0 Å². The summed E-state index contributed by atoms with van der Waals surface area (Å²) in [5, 5.41) is 11.3. The van der Waals surface area contributed by atoms with E-state index in [1.807, 2.05) is 13.8 Å². The highest BCUT2D eigenvalue weighted by atomic mass is 35.5. The van der Waals surface area contributed by atoms with Gasteiger partial charge in [0.15, 0.2) is 0 Å². The fourth-order valence-electron chi connectivity index (χ4n) is 1.49. The van der Waals surface area contributed by atoms with Crippen molar-refractivity contribution in [2.75, 3.05) is 0 Å². The molecule has 0 unspecified atom stereocenters. The van der Waals surface area contributed by atoms with Gasteiger partial charge in [-0.3, -0.25) is 15.1 Å². The predicted octanol–water partition coefficient (Wildman–Crippen LogP) is 3.33.